The van der Waals surface area contributed by atoms with Crippen molar-refractivity contribution in [2.75, 3.05) is 6.54 Å². The molecule has 138 valence electrons. The summed E-state index contributed by atoms with van der Waals surface area (Å²) in [7, 11) is 0. The van der Waals surface area contributed by atoms with Gasteiger partial charge in [0.15, 0.2) is 0 Å². The quantitative estimate of drug-likeness (QED) is 0.916. The zero-order chi connectivity index (χ0) is 17.9. The predicted molar refractivity (Wildman–Crippen MR) is 102 cm³/mol. The van der Waals surface area contributed by atoms with E-state index in [1.807, 2.05) is 18.2 Å². The molecule has 4 rings (SSSR count). The van der Waals surface area contributed by atoms with Gasteiger partial charge in [-0.3, -0.25) is 9.59 Å². The van der Waals surface area contributed by atoms with Crippen LogP contribution in [-0.4, -0.2) is 33.4 Å². The van der Waals surface area contributed by atoms with Gasteiger partial charge in [0.2, 0.25) is 5.91 Å². The highest BCUT2D eigenvalue weighted by Gasteiger charge is 2.35. The van der Waals surface area contributed by atoms with Crippen LogP contribution in [0.1, 0.15) is 57.2 Å². The Morgan fingerprint density at radius 2 is 1.96 bits per heavy atom. The second kappa shape index (κ2) is 7.60. The van der Waals surface area contributed by atoms with Crippen LogP contribution in [0.25, 0.3) is 10.9 Å². The van der Waals surface area contributed by atoms with E-state index < -0.39 is 0 Å². The van der Waals surface area contributed by atoms with E-state index in [4.69, 9.17) is 0 Å². The molecule has 5 nitrogen and oxygen atoms in total. The monoisotopic (exact) mass is 353 g/mol. The van der Waals surface area contributed by atoms with Gasteiger partial charge in [0.25, 0.3) is 5.56 Å². The Morgan fingerprint density at radius 3 is 2.88 bits per heavy atom. The van der Waals surface area contributed by atoms with Crippen LogP contribution >= 0.6 is 0 Å². The van der Waals surface area contributed by atoms with Crippen LogP contribution in [-0.2, 0) is 11.2 Å². The number of carbonyl (C=O) groups excluding carboxylic acids is 1. The van der Waals surface area contributed by atoms with Gasteiger partial charge in [-0.1, -0.05) is 25.0 Å². The first-order chi connectivity index (χ1) is 12.7. The summed E-state index contributed by atoms with van der Waals surface area (Å²) >= 11 is 0. The first kappa shape index (κ1) is 17.3. The number of piperidine rings is 1. The van der Waals surface area contributed by atoms with Crippen molar-refractivity contribution < 1.29 is 4.79 Å². The second-order valence-corrected chi connectivity index (χ2v) is 7.72. The number of nitrogens with zero attached hydrogens (tertiary/aromatic N) is 2. The van der Waals surface area contributed by atoms with E-state index in [1.165, 1.54) is 32.1 Å². The van der Waals surface area contributed by atoms with Crippen molar-refractivity contribution in [1.29, 1.82) is 0 Å². The first-order valence-corrected chi connectivity index (χ1v) is 10.00. The maximum Gasteiger partial charge on any atom is 0.258 e. The van der Waals surface area contributed by atoms with Gasteiger partial charge in [0.1, 0.15) is 5.82 Å². The van der Waals surface area contributed by atoms with E-state index in [2.05, 4.69) is 14.9 Å². The summed E-state index contributed by atoms with van der Waals surface area (Å²) in [6, 6.07) is 7.85. The molecule has 2 atom stereocenters. The summed E-state index contributed by atoms with van der Waals surface area (Å²) < 4.78 is 0. The van der Waals surface area contributed by atoms with E-state index >= 15 is 0 Å². The van der Waals surface area contributed by atoms with Crippen LogP contribution in [0, 0.1) is 5.92 Å². The predicted octanol–water partition coefficient (Wildman–Crippen LogP) is 3.43. The molecule has 0 bridgehead atoms. The molecule has 1 N–H and O–H groups in total. The van der Waals surface area contributed by atoms with E-state index in [0.29, 0.717) is 30.1 Å². The summed E-state index contributed by atoms with van der Waals surface area (Å²) in [5, 5.41) is 0.615. The Hall–Kier alpha value is -2.17. The third-order valence-electron chi connectivity index (χ3n) is 6.03. The number of fused-ring (bicyclic) bond motifs is 2. The van der Waals surface area contributed by atoms with Gasteiger partial charge in [-0.15, -0.1) is 0 Å². The number of benzene rings is 1. The number of aromatic amines is 1. The summed E-state index contributed by atoms with van der Waals surface area (Å²) in [6.07, 6.45) is 9.38. The number of amides is 1. The molecule has 1 saturated carbocycles. The minimum absolute atomic E-state index is 0.0991. The van der Waals surface area contributed by atoms with E-state index in [1.54, 1.807) is 6.07 Å². The highest BCUT2D eigenvalue weighted by molar-refractivity contribution is 5.77. The topological polar surface area (TPSA) is 66.1 Å². The molecule has 1 aromatic heterocycles. The minimum atomic E-state index is -0.0991. The highest BCUT2D eigenvalue weighted by Crippen LogP contribution is 2.35. The Bertz CT molecular complexity index is 843. The van der Waals surface area contributed by atoms with Crippen LogP contribution in [0.5, 0.6) is 0 Å². The number of aromatic nitrogens is 2. The number of para-hydroxylation sites is 1. The summed E-state index contributed by atoms with van der Waals surface area (Å²) in [5.74, 6) is 1.68. The Morgan fingerprint density at radius 1 is 1.15 bits per heavy atom. The molecule has 0 radical (unpaired) electrons. The number of aryl methyl sites for hydroxylation is 1. The zero-order valence-electron chi connectivity index (χ0n) is 15.2. The smallest absolute Gasteiger partial charge is 0.258 e. The molecule has 1 aliphatic heterocycles. The van der Waals surface area contributed by atoms with Crippen molar-refractivity contribution in [1.82, 2.24) is 14.9 Å². The zero-order valence-corrected chi connectivity index (χ0v) is 15.2. The molecule has 2 unspecified atom stereocenters. The Balaban J connectivity index is 1.37. The molecule has 2 fully saturated rings. The third kappa shape index (κ3) is 3.53. The molecule has 26 heavy (non-hydrogen) atoms. The molecule has 1 amide bonds. The SMILES string of the molecule is O=C(CCCc1nc2ccccc2c(=O)[nH]1)N1CCCC2CCCCC21. The lowest BCUT2D eigenvalue weighted by atomic mass is 9.78. The number of nitrogens with one attached hydrogen (secondary N) is 1. The standard InChI is InChI=1S/C21H27N3O2/c25-20(24-14-6-8-15-7-1-4-11-18(15)24)13-5-12-19-22-17-10-3-2-9-16(17)21(26)23-19/h2-3,9-10,15,18H,1,4-8,11-14H2,(H,22,23,26). The fourth-order valence-corrected chi connectivity index (χ4v) is 4.74. The van der Waals surface area contributed by atoms with Gasteiger partial charge in [0, 0.05) is 25.4 Å². The van der Waals surface area contributed by atoms with Gasteiger partial charge in [-0.2, -0.15) is 0 Å². The second-order valence-electron chi connectivity index (χ2n) is 7.72. The van der Waals surface area contributed by atoms with Crippen LogP contribution in [0.15, 0.2) is 29.1 Å². The minimum Gasteiger partial charge on any atom is -0.339 e. The maximum atomic E-state index is 12.8. The fourth-order valence-electron chi connectivity index (χ4n) is 4.74. The van der Waals surface area contributed by atoms with E-state index in [0.717, 1.165) is 30.8 Å². The van der Waals surface area contributed by atoms with Gasteiger partial charge >= 0.3 is 0 Å². The molecule has 0 spiro atoms. The van der Waals surface area contributed by atoms with Crippen molar-refractivity contribution in [3.05, 3.63) is 40.4 Å². The fraction of sp³-hybridized carbons (Fsp3) is 0.571. The van der Waals surface area contributed by atoms with Crippen molar-refractivity contribution in [3.8, 4) is 0 Å². The summed E-state index contributed by atoms with van der Waals surface area (Å²) in [5.41, 5.74) is 0.622. The average Bonchev–Trinajstić information content (AvgIpc) is 2.67. The molecular formula is C21H27N3O2. The number of likely N-dealkylation sites (tertiary alicyclic amines) is 1. The average molecular weight is 353 g/mol. The molecule has 5 heteroatoms. The first-order valence-electron chi connectivity index (χ1n) is 10.00. The Labute approximate surface area is 153 Å². The van der Waals surface area contributed by atoms with Crippen molar-refractivity contribution >= 4 is 16.8 Å². The molecule has 1 aliphatic carbocycles. The lowest BCUT2D eigenvalue weighted by Gasteiger charge is -2.44. The summed E-state index contributed by atoms with van der Waals surface area (Å²) in [4.78, 5) is 34.4. The molecule has 1 saturated heterocycles. The van der Waals surface area contributed by atoms with Crippen molar-refractivity contribution in [3.63, 3.8) is 0 Å². The van der Waals surface area contributed by atoms with Gasteiger partial charge in [0.05, 0.1) is 10.9 Å². The number of rotatable bonds is 4. The van der Waals surface area contributed by atoms with Crippen LogP contribution in [0.4, 0.5) is 0 Å². The lowest BCUT2D eigenvalue weighted by Crippen LogP contribution is -2.49. The van der Waals surface area contributed by atoms with Crippen LogP contribution in [0.3, 0.4) is 0 Å². The number of hydrogen-bond donors (Lipinski definition) is 1. The van der Waals surface area contributed by atoms with Gasteiger partial charge < -0.3 is 9.88 Å². The van der Waals surface area contributed by atoms with Crippen molar-refractivity contribution in [2.24, 2.45) is 5.92 Å². The molecule has 2 heterocycles. The van der Waals surface area contributed by atoms with E-state index in [9.17, 15) is 9.59 Å². The lowest BCUT2D eigenvalue weighted by molar-refractivity contribution is -0.137. The number of hydrogen-bond acceptors (Lipinski definition) is 3. The number of H-pyrrole nitrogens is 1. The third-order valence-corrected chi connectivity index (χ3v) is 6.03. The summed E-state index contributed by atoms with van der Waals surface area (Å²) in [6.45, 7) is 0.922. The van der Waals surface area contributed by atoms with Gasteiger partial charge in [-0.25, -0.2) is 4.98 Å². The molecule has 1 aromatic carbocycles. The van der Waals surface area contributed by atoms with Crippen molar-refractivity contribution in [2.45, 2.75) is 63.8 Å². The van der Waals surface area contributed by atoms with Crippen LogP contribution < -0.4 is 5.56 Å². The molecular weight excluding hydrogens is 326 g/mol. The molecule has 2 aliphatic rings. The van der Waals surface area contributed by atoms with Gasteiger partial charge in [-0.05, 0) is 50.2 Å². The molecule has 2 aromatic rings. The maximum absolute atomic E-state index is 12.8. The highest BCUT2D eigenvalue weighted by atomic mass is 16.2. The van der Waals surface area contributed by atoms with Crippen LogP contribution in [0.2, 0.25) is 0 Å². The van der Waals surface area contributed by atoms with E-state index in [-0.39, 0.29) is 11.5 Å². The number of carbonyl (C=O) groups is 1. The Kier molecular flexibility index (Phi) is 5.05. The largest absolute Gasteiger partial charge is 0.339 e. The normalized spacial score (nSPS) is 23.0.